The van der Waals surface area contributed by atoms with Gasteiger partial charge in [-0.1, -0.05) is 12.1 Å². The predicted molar refractivity (Wildman–Crippen MR) is 99.2 cm³/mol. The Hall–Kier alpha value is -2.45. The Morgan fingerprint density at radius 2 is 1.78 bits per heavy atom. The number of halogens is 1. The maximum Gasteiger partial charge on any atom is 0.261 e. The molecule has 0 radical (unpaired) electrons. The molecular formula is C19H21FN2O4S. The first-order valence-corrected chi connectivity index (χ1v) is 10.1. The highest BCUT2D eigenvalue weighted by atomic mass is 32.2. The van der Waals surface area contributed by atoms with E-state index in [4.69, 9.17) is 4.74 Å². The van der Waals surface area contributed by atoms with E-state index in [-0.39, 0.29) is 22.9 Å². The average Bonchev–Trinajstić information content (AvgIpc) is 2.62. The number of carbonyl (C=O) groups excluding carboxylic acids is 1. The first kappa shape index (κ1) is 19.3. The van der Waals surface area contributed by atoms with Crippen molar-refractivity contribution in [3.8, 4) is 0 Å². The largest absolute Gasteiger partial charge is 0.373 e. The van der Waals surface area contributed by atoms with Crippen LogP contribution in [-0.4, -0.2) is 27.0 Å². The van der Waals surface area contributed by atoms with Crippen LogP contribution in [0.15, 0.2) is 53.4 Å². The smallest absolute Gasteiger partial charge is 0.261 e. The van der Waals surface area contributed by atoms with Crippen LogP contribution in [0.1, 0.15) is 31.4 Å². The van der Waals surface area contributed by atoms with Gasteiger partial charge >= 0.3 is 0 Å². The third kappa shape index (κ3) is 5.05. The van der Waals surface area contributed by atoms with Crippen molar-refractivity contribution in [3.63, 3.8) is 0 Å². The molecule has 2 N–H and O–H groups in total. The summed E-state index contributed by atoms with van der Waals surface area (Å²) in [6, 6.07) is 11.6. The highest BCUT2D eigenvalue weighted by Crippen LogP contribution is 2.29. The number of ether oxygens (including phenoxy) is 1. The number of hydrogen-bond donors (Lipinski definition) is 2. The number of amides is 1. The number of rotatable bonds is 5. The lowest BCUT2D eigenvalue weighted by Crippen LogP contribution is -2.38. The summed E-state index contributed by atoms with van der Waals surface area (Å²) >= 11 is 0. The van der Waals surface area contributed by atoms with E-state index in [1.165, 1.54) is 19.1 Å². The van der Waals surface area contributed by atoms with Crippen molar-refractivity contribution in [2.75, 3.05) is 11.3 Å². The molecule has 0 saturated carbocycles. The standard InChI is InChI=1S/C19H21FN2O4S/c1-13(23)21-17-10-11-26-19(12-17)14-2-6-16(7-3-14)22-27(24,25)18-8-4-15(20)5-9-18/h2-9,17,19,22H,10-12H2,1H3,(H,21,23)/t17-,19+/m1/s1. The third-order valence-electron chi connectivity index (χ3n) is 4.35. The molecule has 0 bridgehead atoms. The molecule has 27 heavy (non-hydrogen) atoms. The second-order valence-electron chi connectivity index (χ2n) is 6.46. The van der Waals surface area contributed by atoms with Gasteiger partial charge < -0.3 is 10.1 Å². The van der Waals surface area contributed by atoms with Crippen LogP contribution in [0.25, 0.3) is 0 Å². The van der Waals surface area contributed by atoms with Gasteiger partial charge in [0.2, 0.25) is 5.91 Å². The molecule has 1 aliphatic heterocycles. The van der Waals surface area contributed by atoms with Gasteiger partial charge in [0.15, 0.2) is 0 Å². The molecule has 8 heteroatoms. The molecule has 0 unspecified atom stereocenters. The Kier molecular flexibility index (Phi) is 5.76. The van der Waals surface area contributed by atoms with Gasteiger partial charge in [0.25, 0.3) is 10.0 Å². The number of sulfonamides is 1. The Morgan fingerprint density at radius 1 is 1.11 bits per heavy atom. The second-order valence-corrected chi connectivity index (χ2v) is 8.15. The summed E-state index contributed by atoms with van der Waals surface area (Å²) in [6.45, 7) is 2.04. The fraction of sp³-hybridized carbons (Fsp3) is 0.316. The maximum absolute atomic E-state index is 13.0. The van der Waals surface area contributed by atoms with Crippen LogP contribution in [0.2, 0.25) is 0 Å². The summed E-state index contributed by atoms with van der Waals surface area (Å²) in [7, 11) is -3.79. The van der Waals surface area contributed by atoms with Gasteiger partial charge in [0.1, 0.15) is 5.82 Å². The van der Waals surface area contributed by atoms with Crippen molar-refractivity contribution in [2.45, 2.75) is 36.8 Å². The fourth-order valence-corrected chi connectivity index (χ4v) is 4.10. The van der Waals surface area contributed by atoms with Crippen molar-refractivity contribution >= 4 is 21.6 Å². The lowest BCUT2D eigenvalue weighted by atomic mass is 9.97. The molecule has 1 aliphatic rings. The van der Waals surface area contributed by atoms with Crippen LogP contribution in [0.5, 0.6) is 0 Å². The van der Waals surface area contributed by atoms with Crippen LogP contribution < -0.4 is 10.0 Å². The summed E-state index contributed by atoms with van der Waals surface area (Å²) < 4.78 is 45.9. The van der Waals surface area contributed by atoms with E-state index in [0.29, 0.717) is 18.7 Å². The first-order chi connectivity index (χ1) is 12.8. The van der Waals surface area contributed by atoms with E-state index in [0.717, 1.165) is 24.1 Å². The van der Waals surface area contributed by atoms with E-state index < -0.39 is 15.8 Å². The van der Waals surface area contributed by atoms with Gasteiger partial charge in [-0.2, -0.15) is 0 Å². The summed E-state index contributed by atoms with van der Waals surface area (Å²) in [6.07, 6.45) is 1.28. The van der Waals surface area contributed by atoms with Gasteiger partial charge in [0, 0.05) is 25.3 Å². The van der Waals surface area contributed by atoms with Crippen LogP contribution in [-0.2, 0) is 19.6 Å². The zero-order valence-electron chi connectivity index (χ0n) is 14.8. The minimum atomic E-state index is -3.79. The number of hydrogen-bond acceptors (Lipinski definition) is 4. The second kappa shape index (κ2) is 8.06. The van der Waals surface area contributed by atoms with Gasteiger partial charge in [0.05, 0.1) is 11.0 Å². The maximum atomic E-state index is 13.0. The highest BCUT2D eigenvalue weighted by molar-refractivity contribution is 7.92. The van der Waals surface area contributed by atoms with Crippen LogP contribution in [0, 0.1) is 5.82 Å². The summed E-state index contributed by atoms with van der Waals surface area (Å²) in [5.41, 5.74) is 1.31. The molecule has 144 valence electrons. The van der Waals surface area contributed by atoms with Crippen molar-refractivity contribution < 1.29 is 22.3 Å². The van der Waals surface area contributed by atoms with Crippen molar-refractivity contribution in [3.05, 3.63) is 59.9 Å². The molecule has 1 amide bonds. The minimum absolute atomic E-state index is 0.0123. The van der Waals surface area contributed by atoms with E-state index in [9.17, 15) is 17.6 Å². The molecule has 1 heterocycles. The topological polar surface area (TPSA) is 84.5 Å². The molecule has 2 aromatic carbocycles. The SMILES string of the molecule is CC(=O)N[C@@H]1CCO[C@H](c2ccc(NS(=O)(=O)c3ccc(F)cc3)cc2)C1. The predicted octanol–water partition coefficient (Wildman–Crippen LogP) is 2.98. The molecule has 0 spiro atoms. The van der Waals surface area contributed by atoms with Crippen molar-refractivity contribution in [1.29, 1.82) is 0 Å². The van der Waals surface area contributed by atoms with Crippen molar-refractivity contribution in [1.82, 2.24) is 5.32 Å². The van der Waals surface area contributed by atoms with E-state index >= 15 is 0 Å². The molecule has 0 aromatic heterocycles. The van der Waals surface area contributed by atoms with E-state index in [1.54, 1.807) is 24.3 Å². The molecular weight excluding hydrogens is 371 g/mol. The normalized spacial score (nSPS) is 20.1. The van der Waals surface area contributed by atoms with Gasteiger partial charge in [-0.3, -0.25) is 9.52 Å². The van der Waals surface area contributed by atoms with E-state index in [1.807, 2.05) is 0 Å². The molecule has 2 atom stereocenters. The molecule has 3 rings (SSSR count). The number of carbonyl (C=O) groups is 1. The van der Waals surface area contributed by atoms with Gasteiger partial charge in [-0.05, 0) is 54.8 Å². The number of anilines is 1. The number of nitrogens with one attached hydrogen (secondary N) is 2. The Labute approximate surface area is 157 Å². The average molecular weight is 392 g/mol. The Bertz CT molecular complexity index is 898. The molecule has 1 fully saturated rings. The molecule has 1 saturated heterocycles. The molecule has 0 aliphatic carbocycles. The third-order valence-corrected chi connectivity index (χ3v) is 5.75. The van der Waals surface area contributed by atoms with Crippen LogP contribution in [0.3, 0.4) is 0 Å². The quantitative estimate of drug-likeness (QED) is 0.819. The lowest BCUT2D eigenvalue weighted by Gasteiger charge is -2.30. The minimum Gasteiger partial charge on any atom is -0.373 e. The number of benzene rings is 2. The van der Waals surface area contributed by atoms with E-state index in [2.05, 4.69) is 10.0 Å². The Morgan fingerprint density at radius 3 is 2.41 bits per heavy atom. The Balaban J connectivity index is 1.68. The van der Waals surface area contributed by atoms with Gasteiger partial charge in [-0.15, -0.1) is 0 Å². The molecule has 6 nitrogen and oxygen atoms in total. The van der Waals surface area contributed by atoms with Crippen LogP contribution in [0.4, 0.5) is 10.1 Å². The van der Waals surface area contributed by atoms with Gasteiger partial charge in [-0.25, -0.2) is 12.8 Å². The highest BCUT2D eigenvalue weighted by Gasteiger charge is 2.24. The zero-order valence-corrected chi connectivity index (χ0v) is 15.6. The summed E-state index contributed by atoms with van der Waals surface area (Å²) in [5.74, 6) is -0.561. The lowest BCUT2D eigenvalue weighted by molar-refractivity contribution is -0.120. The van der Waals surface area contributed by atoms with Crippen LogP contribution >= 0.6 is 0 Å². The molecule has 2 aromatic rings. The monoisotopic (exact) mass is 392 g/mol. The van der Waals surface area contributed by atoms with Crippen molar-refractivity contribution in [2.24, 2.45) is 0 Å². The summed E-state index contributed by atoms with van der Waals surface area (Å²) in [4.78, 5) is 11.2. The fourth-order valence-electron chi connectivity index (χ4n) is 3.04. The summed E-state index contributed by atoms with van der Waals surface area (Å²) in [5, 5.41) is 2.91. The first-order valence-electron chi connectivity index (χ1n) is 8.60. The zero-order chi connectivity index (χ0) is 19.4.